The Morgan fingerprint density at radius 2 is 1.90 bits per heavy atom. The topological polar surface area (TPSA) is 57.2 Å². The molecule has 2 fully saturated rings. The average Bonchev–Trinajstić information content (AvgIpc) is 3.21. The van der Waals surface area contributed by atoms with Crippen LogP contribution in [0.2, 0.25) is 0 Å². The number of ether oxygens (including phenoxy) is 1. The summed E-state index contributed by atoms with van der Waals surface area (Å²) in [5, 5.41) is 3.35. The average molecular weight is 514 g/mol. The molecule has 7 heteroatoms. The number of guanidine groups is 1. The second-order valence-corrected chi connectivity index (χ2v) is 7.71. The van der Waals surface area contributed by atoms with Crippen molar-refractivity contribution in [2.24, 2.45) is 10.9 Å². The number of hydrogen-bond acceptors (Lipinski definition) is 3. The van der Waals surface area contributed by atoms with Gasteiger partial charge in [-0.05, 0) is 38.2 Å². The van der Waals surface area contributed by atoms with Gasteiger partial charge in [0.25, 0.3) is 0 Å². The number of carbonyl (C=O) groups excluding carboxylic acids is 1. The first-order valence-electron chi connectivity index (χ1n) is 10.7. The van der Waals surface area contributed by atoms with Crippen molar-refractivity contribution in [1.82, 2.24) is 15.1 Å². The molecule has 0 radical (unpaired) electrons. The highest BCUT2D eigenvalue weighted by atomic mass is 127. The first-order valence-corrected chi connectivity index (χ1v) is 10.7. The van der Waals surface area contributed by atoms with Gasteiger partial charge in [0.05, 0.1) is 13.2 Å². The van der Waals surface area contributed by atoms with Crippen LogP contribution in [0.1, 0.15) is 38.2 Å². The van der Waals surface area contributed by atoms with Crippen LogP contribution < -0.4 is 5.32 Å². The number of carbonyl (C=O) groups is 1. The van der Waals surface area contributed by atoms with E-state index in [4.69, 9.17) is 4.74 Å². The van der Waals surface area contributed by atoms with E-state index in [1.807, 2.05) is 23.1 Å². The first-order chi connectivity index (χ1) is 13.8. The molecule has 0 spiro atoms. The number of rotatable bonds is 7. The van der Waals surface area contributed by atoms with E-state index in [1.54, 1.807) is 0 Å². The third-order valence-electron chi connectivity index (χ3n) is 5.46. The molecule has 0 aromatic heterocycles. The van der Waals surface area contributed by atoms with Crippen LogP contribution in [-0.2, 0) is 16.1 Å². The minimum absolute atomic E-state index is 0. The molecule has 0 bridgehead atoms. The Morgan fingerprint density at radius 3 is 2.62 bits per heavy atom. The van der Waals surface area contributed by atoms with Gasteiger partial charge >= 0.3 is 0 Å². The maximum absolute atomic E-state index is 12.4. The molecule has 2 aliphatic heterocycles. The number of nitrogens with zero attached hydrogens (tertiary/aromatic N) is 3. The van der Waals surface area contributed by atoms with Crippen molar-refractivity contribution in [2.45, 2.75) is 39.2 Å². The third kappa shape index (κ3) is 7.77. The van der Waals surface area contributed by atoms with Gasteiger partial charge in [-0.15, -0.1) is 24.0 Å². The van der Waals surface area contributed by atoms with Crippen LogP contribution in [0.4, 0.5) is 0 Å². The van der Waals surface area contributed by atoms with Gasteiger partial charge in [0, 0.05) is 38.6 Å². The lowest BCUT2D eigenvalue weighted by atomic mass is 10.1. The smallest absolute Gasteiger partial charge is 0.244 e. The molecule has 1 aromatic rings. The zero-order valence-corrected chi connectivity index (χ0v) is 19.8. The van der Waals surface area contributed by atoms with Crippen molar-refractivity contribution >= 4 is 35.8 Å². The van der Waals surface area contributed by atoms with Crippen LogP contribution >= 0.6 is 24.0 Å². The summed E-state index contributed by atoms with van der Waals surface area (Å²) in [5.41, 5.74) is 1.21. The fraction of sp³-hybridized carbons (Fsp3) is 0.636. The zero-order valence-electron chi connectivity index (χ0n) is 17.5. The summed E-state index contributed by atoms with van der Waals surface area (Å²) in [5.74, 6) is 1.51. The van der Waals surface area contributed by atoms with Crippen molar-refractivity contribution in [3.63, 3.8) is 0 Å². The van der Waals surface area contributed by atoms with E-state index in [9.17, 15) is 4.79 Å². The normalized spacial score (nSPS) is 19.8. The Labute approximate surface area is 192 Å². The highest BCUT2D eigenvalue weighted by Gasteiger charge is 2.25. The SMILES string of the molecule is CCNC(=NCC(=O)N1CCCCC1)N1CCC(COCc2ccccc2)C1.I. The summed E-state index contributed by atoms with van der Waals surface area (Å²) in [4.78, 5) is 21.3. The number of nitrogens with one attached hydrogen (secondary N) is 1. The molecule has 29 heavy (non-hydrogen) atoms. The summed E-state index contributed by atoms with van der Waals surface area (Å²) >= 11 is 0. The molecule has 3 rings (SSSR count). The van der Waals surface area contributed by atoms with Crippen LogP contribution in [0.15, 0.2) is 35.3 Å². The van der Waals surface area contributed by atoms with Crippen LogP contribution in [0.5, 0.6) is 0 Å². The maximum atomic E-state index is 12.4. The summed E-state index contributed by atoms with van der Waals surface area (Å²) in [6.45, 7) is 8.20. The number of aliphatic imine (C=N–C) groups is 1. The first kappa shape index (κ1) is 23.9. The van der Waals surface area contributed by atoms with Crippen LogP contribution in [0, 0.1) is 5.92 Å². The van der Waals surface area contributed by atoms with E-state index in [-0.39, 0.29) is 36.4 Å². The van der Waals surface area contributed by atoms with Gasteiger partial charge < -0.3 is 19.9 Å². The Kier molecular flexibility index (Phi) is 10.8. The van der Waals surface area contributed by atoms with Crippen molar-refractivity contribution in [2.75, 3.05) is 45.9 Å². The number of benzene rings is 1. The second-order valence-electron chi connectivity index (χ2n) is 7.71. The fourth-order valence-corrected chi connectivity index (χ4v) is 3.89. The van der Waals surface area contributed by atoms with Crippen LogP contribution in [0.25, 0.3) is 0 Å². The standard InChI is InChI=1S/C22H34N4O2.HI/c1-2-23-22(24-15-21(27)25-12-7-4-8-13-25)26-14-11-20(16-26)18-28-17-19-9-5-3-6-10-19;/h3,5-6,9-10,20H,2,4,7-8,11-18H2,1H3,(H,23,24);1H. The molecule has 1 amide bonds. The number of amides is 1. The van der Waals surface area contributed by atoms with E-state index in [0.717, 1.165) is 64.6 Å². The highest BCUT2D eigenvalue weighted by molar-refractivity contribution is 14.0. The Bertz CT molecular complexity index is 635. The number of hydrogen-bond donors (Lipinski definition) is 1. The predicted octanol–water partition coefficient (Wildman–Crippen LogP) is 3.12. The maximum Gasteiger partial charge on any atom is 0.244 e. The summed E-state index contributed by atoms with van der Waals surface area (Å²) < 4.78 is 5.92. The van der Waals surface area contributed by atoms with Crippen LogP contribution in [0.3, 0.4) is 0 Å². The Hall–Kier alpha value is -1.35. The molecule has 6 nitrogen and oxygen atoms in total. The van der Waals surface area contributed by atoms with Gasteiger partial charge in [-0.1, -0.05) is 30.3 Å². The lowest BCUT2D eigenvalue weighted by molar-refractivity contribution is -0.130. The molecule has 2 heterocycles. The predicted molar refractivity (Wildman–Crippen MR) is 128 cm³/mol. The van der Waals surface area contributed by atoms with Crippen molar-refractivity contribution in [3.8, 4) is 0 Å². The Balaban J connectivity index is 0.00000300. The van der Waals surface area contributed by atoms with Crippen LogP contribution in [-0.4, -0.2) is 67.5 Å². The minimum Gasteiger partial charge on any atom is -0.376 e. The lowest BCUT2D eigenvalue weighted by Crippen LogP contribution is -2.42. The van der Waals surface area contributed by atoms with E-state index in [1.165, 1.54) is 12.0 Å². The lowest BCUT2D eigenvalue weighted by Gasteiger charge is -2.26. The molecule has 162 valence electrons. The van der Waals surface area contributed by atoms with E-state index in [2.05, 4.69) is 34.3 Å². The van der Waals surface area contributed by atoms with Gasteiger partial charge in [-0.25, -0.2) is 4.99 Å². The molecular weight excluding hydrogens is 479 g/mol. The number of likely N-dealkylation sites (tertiary alicyclic amines) is 2. The van der Waals surface area contributed by atoms with E-state index >= 15 is 0 Å². The summed E-state index contributed by atoms with van der Waals surface area (Å²) in [7, 11) is 0. The highest BCUT2D eigenvalue weighted by Crippen LogP contribution is 2.17. The van der Waals surface area contributed by atoms with Crippen molar-refractivity contribution in [1.29, 1.82) is 0 Å². The monoisotopic (exact) mass is 514 g/mol. The minimum atomic E-state index is 0. The molecule has 1 N–H and O–H groups in total. The van der Waals surface area contributed by atoms with Crippen molar-refractivity contribution in [3.05, 3.63) is 35.9 Å². The summed E-state index contributed by atoms with van der Waals surface area (Å²) in [6, 6.07) is 10.3. The van der Waals surface area contributed by atoms with Gasteiger partial charge in [0.15, 0.2) is 5.96 Å². The van der Waals surface area contributed by atoms with E-state index < -0.39 is 0 Å². The molecule has 1 atom stereocenters. The third-order valence-corrected chi connectivity index (χ3v) is 5.46. The molecule has 2 saturated heterocycles. The van der Waals surface area contributed by atoms with Gasteiger partial charge in [-0.2, -0.15) is 0 Å². The number of piperidine rings is 1. The summed E-state index contributed by atoms with van der Waals surface area (Å²) in [6.07, 6.45) is 4.56. The van der Waals surface area contributed by atoms with Crippen molar-refractivity contribution < 1.29 is 9.53 Å². The quantitative estimate of drug-likeness (QED) is 0.345. The number of halogens is 1. The molecular formula is C22H35IN4O2. The second kappa shape index (κ2) is 13.1. The fourth-order valence-electron chi connectivity index (χ4n) is 3.89. The largest absolute Gasteiger partial charge is 0.376 e. The zero-order chi connectivity index (χ0) is 19.6. The molecule has 1 unspecified atom stereocenters. The molecule has 1 aromatic carbocycles. The molecule has 0 saturated carbocycles. The molecule has 0 aliphatic carbocycles. The van der Waals surface area contributed by atoms with Gasteiger partial charge in [0.1, 0.15) is 6.54 Å². The van der Waals surface area contributed by atoms with E-state index in [0.29, 0.717) is 12.5 Å². The molecule has 2 aliphatic rings. The van der Waals surface area contributed by atoms with Gasteiger partial charge in [0.2, 0.25) is 5.91 Å². The van der Waals surface area contributed by atoms with Gasteiger partial charge in [-0.3, -0.25) is 4.79 Å². The Morgan fingerprint density at radius 1 is 1.14 bits per heavy atom.